The number of likely N-dealkylation sites (tertiary alicyclic amines) is 1. The summed E-state index contributed by atoms with van der Waals surface area (Å²) in [6, 6.07) is 8.52. The number of benzene rings is 2. The summed E-state index contributed by atoms with van der Waals surface area (Å²) in [4.78, 5) is 47.2. The Morgan fingerprint density at radius 3 is 2.06 bits per heavy atom. The lowest BCUT2D eigenvalue weighted by Crippen LogP contribution is -2.56. The SMILES string of the molecule is O=C(OC(Cc1cc(C(F)(F)F)cc(C(F)(F)F)c1)C(=O)N1CCN(C2CCOCC2)CC1)N1CCC(N2CCc3ccccc3NC2=O)CC1. The van der Waals surface area contributed by atoms with Crippen LogP contribution in [0.25, 0.3) is 0 Å². The topological polar surface area (TPSA) is 94.7 Å². The number of carbonyl (C=O) groups is 3. The summed E-state index contributed by atoms with van der Waals surface area (Å²) in [7, 11) is 0. The van der Waals surface area contributed by atoms with E-state index in [9.17, 15) is 40.7 Å². The van der Waals surface area contributed by atoms with E-state index in [2.05, 4.69) is 10.2 Å². The normalized spacial score (nSPS) is 20.7. The molecule has 4 aliphatic rings. The molecule has 3 saturated heterocycles. The fraction of sp³-hybridized carbons (Fsp3) is 0.571. The number of nitrogens with zero attached hydrogens (tertiary/aromatic N) is 4. The second-order valence-corrected chi connectivity index (χ2v) is 13.4. The van der Waals surface area contributed by atoms with Crippen molar-refractivity contribution >= 4 is 23.7 Å². The predicted octanol–water partition coefficient (Wildman–Crippen LogP) is 5.65. The number of amides is 4. The summed E-state index contributed by atoms with van der Waals surface area (Å²) in [5.74, 6) is -0.684. The minimum absolute atomic E-state index is 0.0231. The minimum atomic E-state index is -5.08. The summed E-state index contributed by atoms with van der Waals surface area (Å²) in [5.41, 5.74) is -1.71. The van der Waals surface area contributed by atoms with E-state index in [1.54, 1.807) is 4.90 Å². The Morgan fingerprint density at radius 2 is 1.43 bits per heavy atom. The lowest BCUT2D eigenvalue weighted by atomic mass is 9.99. The summed E-state index contributed by atoms with van der Waals surface area (Å²) >= 11 is 0. The van der Waals surface area contributed by atoms with Gasteiger partial charge < -0.3 is 29.5 Å². The van der Waals surface area contributed by atoms with Crippen LogP contribution >= 0.6 is 0 Å². The van der Waals surface area contributed by atoms with E-state index in [0.29, 0.717) is 64.2 Å². The standard InChI is InChI=1S/C35H41F6N5O5/c36-34(37,38)25-19-23(20-26(22-25)35(39,40)41)21-30(31(47)44-15-13-43(14-16-44)27-8-17-50-18-9-27)51-33(49)45-10-6-28(7-11-45)46-12-5-24-3-1-2-4-29(24)42-32(46)48/h1-4,19-20,22,27-28,30H,5-18,21H2,(H,42,48). The number of nitrogens with one attached hydrogen (secondary N) is 1. The zero-order chi connectivity index (χ0) is 36.3. The summed E-state index contributed by atoms with van der Waals surface area (Å²) in [6.07, 6.45) is -10.2. The van der Waals surface area contributed by atoms with E-state index in [1.165, 1.54) is 9.80 Å². The average Bonchev–Trinajstić information content (AvgIpc) is 3.28. The molecule has 2 aromatic carbocycles. The van der Waals surface area contributed by atoms with Gasteiger partial charge in [-0.2, -0.15) is 26.3 Å². The highest BCUT2D eigenvalue weighted by atomic mass is 19.4. The van der Waals surface area contributed by atoms with E-state index in [1.807, 2.05) is 24.3 Å². The number of urea groups is 1. The third-order valence-corrected chi connectivity index (χ3v) is 10.2. The van der Waals surface area contributed by atoms with Crippen LogP contribution in [0, 0.1) is 0 Å². The minimum Gasteiger partial charge on any atom is -0.436 e. The number of anilines is 1. The molecule has 16 heteroatoms. The Balaban J connectivity index is 1.15. The lowest BCUT2D eigenvalue weighted by Gasteiger charge is -2.41. The molecule has 0 aromatic heterocycles. The molecule has 4 aliphatic heterocycles. The first kappa shape index (κ1) is 36.7. The third kappa shape index (κ3) is 8.88. The van der Waals surface area contributed by atoms with Crippen molar-refractivity contribution in [2.24, 2.45) is 0 Å². The first-order valence-electron chi connectivity index (χ1n) is 17.3. The molecular weight excluding hydrogens is 684 g/mol. The van der Waals surface area contributed by atoms with Crippen molar-refractivity contribution in [2.45, 2.75) is 69.1 Å². The number of hydrogen-bond donors (Lipinski definition) is 1. The monoisotopic (exact) mass is 725 g/mol. The molecule has 2 aromatic rings. The van der Waals surface area contributed by atoms with Gasteiger partial charge in [-0.1, -0.05) is 18.2 Å². The molecule has 6 rings (SSSR count). The smallest absolute Gasteiger partial charge is 0.416 e. The molecule has 0 bridgehead atoms. The Bertz CT molecular complexity index is 1530. The van der Waals surface area contributed by atoms with Crippen LogP contribution in [-0.4, -0.2) is 115 Å². The second-order valence-electron chi connectivity index (χ2n) is 13.4. The quantitative estimate of drug-likeness (QED) is 0.387. The van der Waals surface area contributed by atoms with Crippen molar-refractivity contribution < 1.29 is 50.2 Å². The molecule has 278 valence electrons. The fourth-order valence-corrected chi connectivity index (χ4v) is 7.39. The molecule has 51 heavy (non-hydrogen) atoms. The van der Waals surface area contributed by atoms with Gasteiger partial charge in [0.1, 0.15) is 0 Å². The van der Waals surface area contributed by atoms with Crippen molar-refractivity contribution in [3.63, 3.8) is 0 Å². The lowest BCUT2D eigenvalue weighted by molar-refractivity contribution is -0.143. The zero-order valence-corrected chi connectivity index (χ0v) is 28.0. The maximum Gasteiger partial charge on any atom is 0.416 e. The summed E-state index contributed by atoms with van der Waals surface area (Å²) in [6.45, 7) is 3.64. The first-order valence-corrected chi connectivity index (χ1v) is 17.3. The molecule has 0 spiro atoms. The highest BCUT2D eigenvalue weighted by molar-refractivity contribution is 5.91. The van der Waals surface area contributed by atoms with Crippen LogP contribution in [0.3, 0.4) is 0 Å². The molecule has 3 fully saturated rings. The molecule has 0 aliphatic carbocycles. The number of alkyl halides is 6. The molecule has 0 saturated carbocycles. The summed E-state index contributed by atoms with van der Waals surface area (Å²) < 4.78 is 93.1. The fourth-order valence-electron chi connectivity index (χ4n) is 7.39. The van der Waals surface area contributed by atoms with E-state index in [-0.39, 0.29) is 50.4 Å². The Hall–Kier alpha value is -4.05. The summed E-state index contributed by atoms with van der Waals surface area (Å²) in [5, 5.41) is 2.93. The van der Waals surface area contributed by atoms with Crippen molar-refractivity contribution in [3.05, 3.63) is 64.7 Å². The van der Waals surface area contributed by atoms with Crippen molar-refractivity contribution in [1.82, 2.24) is 19.6 Å². The van der Waals surface area contributed by atoms with E-state index in [0.717, 1.165) is 24.1 Å². The molecule has 1 unspecified atom stereocenters. The number of piperidine rings is 1. The average molecular weight is 726 g/mol. The Labute approximate surface area is 291 Å². The Kier molecular flexibility index (Phi) is 11.0. The molecule has 4 amide bonds. The first-order chi connectivity index (χ1) is 24.3. The molecule has 0 radical (unpaired) electrons. The van der Waals surface area contributed by atoms with Gasteiger partial charge in [0, 0.05) is 83.2 Å². The molecule has 4 heterocycles. The number of rotatable bonds is 6. The predicted molar refractivity (Wildman–Crippen MR) is 173 cm³/mol. The van der Waals surface area contributed by atoms with Crippen LogP contribution in [0.1, 0.15) is 47.9 Å². The van der Waals surface area contributed by atoms with Crippen molar-refractivity contribution in [2.75, 3.05) is 64.3 Å². The van der Waals surface area contributed by atoms with Crippen LogP contribution in [0.2, 0.25) is 0 Å². The van der Waals surface area contributed by atoms with Crippen molar-refractivity contribution in [1.29, 1.82) is 0 Å². The van der Waals surface area contributed by atoms with Crippen LogP contribution in [0.4, 0.5) is 41.6 Å². The third-order valence-electron chi connectivity index (χ3n) is 10.2. The van der Waals surface area contributed by atoms with E-state index < -0.39 is 53.6 Å². The van der Waals surface area contributed by atoms with Gasteiger partial charge in [0.15, 0.2) is 6.10 Å². The van der Waals surface area contributed by atoms with Gasteiger partial charge in [-0.15, -0.1) is 0 Å². The number of piperazine rings is 1. The van der Waals surface area contributed by atoms with Gasteiger partial charge in [-0.05, 0) is 67.5 Å². The number of fused-ring (bicyclic) bond motifs is 1. The van der Waals surface area contributed by atoms with Crippen LogP contribution in [-0.2, 0) is 39.5 Å². The number of ether oxygens (including phenoxy) is 2. The number of hydrogen-bond acceptors (Lipinski definition) is 6. The van der Waals surface area contributed by atoms with Crippen LogP contribution < -0.4 is 5.32 Å². The van der Waals surface area contributed by atoms with Gasteiger partial charge in [-0.3, -0.25) is 9.69 Å². The highest BCUT2D eigenvalue weighted by Crippen LogP contribution is 2.37. The molecule has 1 atom stereocenters. The maximum absolute atomic E-state index is 13.9. The molecule has 1 N–H and O–H groups in total. The number of halogens is 6. The van der Waals surface area contributed by atoms with Gasteiger partial charge in [0.2, 0.25) is 0 Å². The van der Waals surface area contributed by atoms with Gasteiger partial charge >= 0.3 is 24.5 Å². The zero-order valence-electron chi connectivity index (χ0n) is 28.0. The van der Waals surface area contributed by atoms with Gasteiger partial charge in [0.25, 0.3) is 5.91 Å². The Morgan fingerprint density at radius 1 is 0.804 bits per heavy atom. The van der Waals surface area contributed by atoms with E-state index in [4.69, 9.17) is 9.47 Å². The van der Waals surface area contributed by atoms with E-state index >= 15 is 0 Å². The molecular formula is C35H41F6N5O5. The van der Waals surface area contributed by atoms with Crippen LogP contribution in [0.5, 0.6) is 0 Å². The largest absolute Gasteiger partial charge is 0.436 e. The van der Waals surface area contributed by atoms with Gasteiger partial charge in [0.05, 0.1) is 11.1 Å². The van der Waals surface area contributed by atoms with Crippen molar-refractivity contribution in [3.8, 4) is 0 Å². The second kappa shape index (κ2) is 15.3. The number of para-hydroxylation sites is 1. The number of carbonyl (C=O) groups excluding carboxylic acids is 3. The van der Waals surface area contributed by atoms with Gasteiger partial charge in [-0.25, -0.2) is 9.59 Å². The molecule has 10 nitrogen and oxygen atoms in total. The van der Waals surface area contributed by atoms with Crippen LogP contribution in [0.15, 0.2) is 42.5 Å². The maximum atomic E-state index is 13.9. The highest BCUT2D eigenvalue weighted by Gasteiger charge is 2.39.